The highest BCUT2D eigenvalue weighted by atomic mass is 32.2. The van der Waals surface area contributed by atoms with Gasteiger partial charge in [-0.3, -0.25) is 4.79 Å². The number of anilines is 1. The van der Waals surface area contributed by atoms with E-state index in [0.29, 0.717) is 15.9 Å². The summed E-state index contributed by atoms with van der Waals surface area (Å²) in [6.07, 6.45) is 5.86. The van der Waals surface area contributed by atoms with E-state index in [1.807, 2.05) is 18.2 Å². The third-order valence-electron chi connectivity index (χ3n) is 4.27. The van der Waals surface area contributed by atoms with Crippen LogP contribution < -0.4 is 10.2 Å². The lowest BCUT2D eigenvalue weighted by atomic mass is 9.99. The fourth-order valence-electron chi connectivity index (χ4n) is 3.05. The minimum Gasteiger partial charge on any atom is -0.374 e. The number of carbonyl (C=O) groups excluding carboxylic acids is 1. The zero-order chi connectivity index (χ0) is 17.2. The molecule has 1 fully saturated rings. The van der Waals surface area contributed by atoms with Crippen LogP contribution in [0.5, 0.6) is 0 Å². The van der Waals surface area contributed by atoms with Crippen LogP contribution in [0.2, 0.25) is 0 Å². The number of benzene rings is 1. The Kier molecular flexibility index (Phi) is 4.28. The molecule has 1 saturated heterocycles. The molecule has 126 valence electrons. The summed E-state index contributed by atoms with van der Waals surface area (Å²) in [4.78, 5) is 23.7. The quantitative estimate of drug-likeness (QED) is 0.844. The van der Waals surface area contributed by atoms with Gasteiger partial charge in [-0.1, -0.05) is 12.1 Å². The lowest BCUT2D eigenvalue weighted by Gasteiger charge is -2.27. The smallest absolute Gasteiger partial charge is 0.264 e. The van der Waals surface area contributed by atoms with Crippen molar-refractivity contribution < 1.29 is 4.79 Å². The van der Waals surface area contributed by atoms with Crippen molar-refractivity contribution in [3.63, 3.8) is 0 Å². The Bertz CT molecular complexity index is 876. The molecular formula is C19H18N4OS. The molecule has 2 aliphatic heterocycles. The lowest BCUT2D eigenvalue weighted by Crippen LogP contribution is -2.24. The van der Waals surface area contributed by atoms with Gasteiger partial charge in [0.2, 0.25) is 0 Å². The average molecular weight is 350 g/mol. The highest BCUT2D eigenvalue weighted by molar-refractivity contribution is 8.18. The summed E-state index contributed by atoms with van der Waals surface area (Å²) in [5.74, 6) is 0.470. The molecule has 6 heteroatoms. The van der Waals surface area contributed by atoms with Gasteiger partial charge in [0.05, 0.1) is 4.91 Å². The second-order valence-electron chi connectivity index (χ2n) is 6.08. The molecule has 0 atom stereocenters. The molecule has 0 saturated carbocycles. The summed E-state index contributed by atoms with van der Waals surface area (Å²) >= 11 is 1.35. The molecule has 5 nitrogen and oxygen atoms in total. The SMILES string of the molecule is CN1CCCc2cc(C=C3SC(=Nc4ccccn4)NC3=O)ccc21. The molecule has 3 heterocycles. The predicted molar refractivity (Wildman–Crippen MR) is 103 cm³/mol. The summed E-state index contributed by atoms with van der Waals surface area (Å²) < 4.78 is 0. The number of hydrogen-bond donors (Lipinski definition) is 1. The van der Waals surface area contributed by atoms with Gasteiger partial charge in [-0.15, -0.1) is 0 Å². The molecule has 0 radical (unpaired) electrons. The van der Waals surface area contributed by atoms with Crippen molar-refractivity contribution in [2.45, 2.75) is 12.8 Å². The lowest BCUT2D eigenvalue weighted by molar-refractivity contribution is -0.115. The Morgan fingerprint density at radius 1 is 1.32 bits per heavy atom. The number of amidine groups is 1. The third kappa shape index (κ3) is 3.44. The van der Waals surface area contributed by atoms with Crippen molar-refractivity contribution >= 4 is 40.4 Å². The molecule has 2 aliphatic rings. The number of aromatic nitrogens is 1. The van der Waals surface area contributed by atoms with Crippen LogP contribution >= 0.6 is 11.8 Å². The van der Waals surface area contributed by atoms with Gasteiger partial charge in [-0.05, 0) is 66.1 Å². The summed E-state index contributed by atoms with van der Waals surface area (Å²) in [5, 5.41) is 3.36. The zero-order valence-corrected chi connectivity index (χ0v) is 14.7. The minimum atomic E-state index is -0.116. The molecule has 1 aromatic heterocycles. The normalized spacial score (nSPS) is 20.0. The number of aliphatic imine (C=N–C) groups is 1. The molecule has 0 spiro atoms. The van der Waals surface area contributed by atoms with Crippen LogP contribution in [-0.4, -0.2) is 29.7 Å². The van der Waals surface area contributed by atoms with E-state index >= 15 is 0 Å². The monoisotopic (exact) mass is 350 g/mol. The van der Waals surface area contributed by atoms with Gasteiger partial charge < -0.3 is 10.2 Å². The number of rotatable bonds is 2. The third-order valence-corrected chi connectivity index (χ3v) is 5.18. The number of hydrogen-bond acceptors (Lipinski definition) is 5. The molecule has 0 bridgehead atoms. The first-order chi connectivity index (χ1) is 12.2. The number of pyridine rings is 1. The second-order valence-corrected chi connectivity index (χ2v) is 7.11. The second kappa shape index (κ2) is 6.72. The number of nitrogens with one attached hydrogen (secondary N) is 1. The Morgan fingerprint density at radius 2 is 2.24 bits per heavy atom. The van der Waals surface area contributed by atoms with Crippen LogP contribution in [0.3, 0.4) is 0 Å². The molecule has 25 heavy (non-hydrogen) atoms. The maximum Gasteiger partial charge on any atom is 0.264 e. The fraction of sp³-hybridized carbons (Fsp3) is 0.211. The highest BCUT2D eigenvalue weighted by Gasteiger charge is 2.24. The maximum absolute atomic E-state index is 12.2. The van der Waals surface area contributed by atoms with Gasteiger partial charge in [-0.2, -0.15) is 0 Å². The van der Waals surface area contributed by atoms with Gasteiger partial charge in [0.1, 0.15) is 0 Å². The van der Waals surface area contributed by atoms with Crippen LogP contribution in [0.15, 0.2) is 52.5 Å². The van der Waals surface area contributed by atoms with Crippen molar-refractivity contribution in [3.05, 3.63) is 58.6 Å². The number of nitrogens with zero attached hydrogens (tertiary/aromatic N) is 3. The van der Waals surface area contributed by atoms with Gasteiger partial charge >= 0.3 is 0 Å². The molecular weight excluding hydrogens is 332 g/mol. The topological polar surface area (TPSA) is 57.6 Å². The van der Waals surface area contributed by atoms with E-state index in [1.165, 1.54) is 29.4 Å². The maximum atomic E-state index is 12.2. The van der Waals surface area contributed by atoms with Gasteiger partial charge in [0.25, 0.3) is 5.91 Å². The van der Waals surface area contributed by atoms with Crippen molar-refractivity contribution in [1.29, 1.82) is 0 Å². The van der Waals surface area contributed by atoms with Crippen LogP contribution in [0.1, 0.15) is 17.5 Å². The summed E-state index contributed by atoms with van der Waals surface area (Å²) in [6, 6.07) is 11.9. The van der Waals surface area contributed by atoms with Crippen molar-refractivity contribution in [2.75, 3.05) is 18.5 Å². The van der Waals surface area contributed by atoms with E-state index in [0.717, 1.165) is 18.5 Å². The molecule has 0 unspecified atom stereocenters. The fourth-order valence-corrected chi connectivity index (χ4v) is 3.88. The Labute approximate surface area is 150 Å². The summed E-state index contributed by atoms with van der Waals surface area (Å²) in [5.41, 5.74) is 3.67. The summed E-state index contributed by atoms with van der Waals surface area (Å²) in [6.45, 7) is 1.10. The van der Waals surface area contributed by atoms with Crippen molar-refractivity contribution in [2.24, 2.45) is 4.99 Å². The van der Waals surface area contributed by atoms with E-state index in [1.54, 1.807) is 12.3 Å². The van der Waals surface area contributed by atoms with Crippen molar-refractivity contribution in [3.8, 4) is 0 Å². The standard InChI is InChI=1S/C19H18N4OS/c1-23-10-4-5-14-11-13(7-8-15(14)23)12-16-18(24)22-19(25-16)21-17-6-2-3-9-20-17/h2-3,6-9,11-12H,4-5,10H2,1H3,(H,20,21,22,24). The van der Waals surface area contributed by atoms with Crippen LogP contribution in [0.25, 0.3) is 6.08 Å². The van der Waals surface area contributed by atoms with Gasteiger partial charge in [0, 0.05) is 25.5 Å². The average Bonchev–Trinajstić information content (AvgIpc) is 2.95. The Balaban J connectivity index is 1.58. The molecule has 1 amide bonds. The highest BCUT2D eigenvalue weighted by Crippen LogP contribution is 2.31. The molecule has 1 N–H and O–H groups in total. The first-order valence-electron chi connectivity index (χ1n) is 8.24. The van der Waals surface area contributed by atoms with Crippen LogP contribution in [0, 0.1) is 0 Å². The first kappa shape index (κ1) is 15.9. The van der Waals surface area contributed by atoms with Crippen LogP contribution in [0.4, 0.5) is 11.5 Å². The zero-order valence-electron chi connectivity index (χ0n) is 13.9. The van der Waals surface area contributed by atoms with Crippen molar-refractivity contribution in [1.82, 2.24) is 10.3 Å². The molecule has 1 aromatic carbocycles. The molecule has 4 rings (SSSR count). The first-order valence-corrected chi connectivity index (χ1v) is 9.05. The van der Waals surface area contributed by atoms with E-state index in [-0.39, 0.29) is 5.91 Å². The minimum absolute atomic E-state index is 0.116. The Hall–Kier alpha value is -2.60. The van der Waals surface area contributed by atoms with Crippen LogP contribution in [-0.2, 0) is 11.2 Å². The largest absolute Gasteiger partial charge is 0.374 e. The van der Waals surface area contributed by atoms with E-state index in [9.17, 15) is 4.79 Å². The van der Waals surface area contributed by atoms with Gasteiger partial charge in [0.15, 0.2) is 11.0 Å². The number of amides is 1. The summed E-state index contributed by atoms with van der Waals surface area (Å²) in [7, 11) is 2.12. The number of carbonyl (C=O) groups is 1. The van der Waals surface area contributed by atoms with Gasteiger partial charge in [-0.25, -0.2) is 9.98 Å². The predicted octanol–water partition coefficient (Wildman–Crippen LogP) is 3.36. The van der Waals surface area contributed by atoms with E-state index in [2.05, 4.69) is 45.4 Å². The van der Waals surface area contributed by atoms with E-state index < -0.39 is 0 Å². The van der Waals surface area contributed by atoms with E-state index in [4.69, 9.17) is 0 Å². The number of thioether (sulfide) groups is 1. The Morgan fingerprint density at radius 3 is 3.08 bits per heavy atom. The number of fused-ring (bicyclic) bond motifs is 1. The molecule has 2 aromatic rings. The number of aryl methyl sites for hydroxylation is 1. The molecule has 0 aliphatic carbocycles.